The monoisotopic (exact) mass is 223 g/mol. The topological polar surface area (TPSA) is 109 Å². The van der Waals surface area contributed by atoms with E-state index in [9.17, 15) is 13.2 Å². The summed E-state index contributed by atoms with van der Waals surface area (Å²) in [5.41, 5.74) is 0. The number of sulfonamides is 1. The Morgan fingerprint density at radius 2 is 2.38 bits per heavy atom. The van der Waals surface area contributed by atoms with Crippen LogP contribution >= 0.6 is 11.5 Å². The minimum Gasteiger partial charge on any atom is -0.480 e. The Bertz CT molecular complexity index is 384. The molecule has 0 spiro atoms. The zero-order valence-electron chi connectivity index (χ0n) is 6.17. The molecule has 9 heteroatoms. The van der Waals surface area contributed by atoms with Crippen LogP contribution in [0.2, 0.25) is 0 Å². The highest BCUT2D eigenvalue weighted by Crippen LogP contribution is 2.11. The average Bonchev–Trinajstić information content (AvgIpc) is 2.34. The van der Waals surface area contributed by atoms with Crippen LogP contribution in [-0.2, 0) is 14.8 Å². The summed E-state index contributed by atoms with van der Waals surface area (Å²) in [7, 11) is -3.82. The molecule has 1 aromatic rings. The number of carbonyl (C=O) groups is 1. The predicted octanol–water partition coefficient (Wildman–Crippen LogP) is -0.636. The van der Waals surface area contributed by atoms with Crippen LogP contribution in [0, 0.1) is 0 Å². The number of nitrogens with one attached hydrogen (secondary N) is 1. The first-order valence-corrected chi connectivity index (χ1v) is 5.42. The van der Waals surface area contributed by atoms with Gasteiger partial charge in [-0.3, -0.25) is 9.52 Å². The lowest BCUT2D eigenvalue weighted by atomic mass is 10.8. The molecule has 1 aromatic heterocycles. The first kappa shape index (κ1) is 9.86. The molecular formula is C4H5N3O4S2. The molecule has 0 radical (unpaired) electrons. The molecular weight excluding hydrogens is 218 g/mol. The summed E-state index contributed by atoms with van der Waals surface area (Å²) in [5.74, 6) is -2.38. The Morgan fingerprint density at radius 1 is 1.69 bits per heavy atom. The lowest BCUT2D eigenvalue weighted by Crippen LogP contribution is -2.21. The summed E-state index contributed by atoms with van der Waals surface area (Å²) in [6, 6.07) is 0. The SMILES string of the molecule is O=C(O)CS(=O)(=O)Nc1cnns1. The van der Waals surface area contributed by atoms with Gasteiger partial charge < -0.3 is 5.11 Å². The Labute approximate surface area is 77.6 Å². The molecule has 0 unspecified atom stereocenters. The fraction of sp³-hybridized carbons (Fsp3) is 0.250. The molecule has 0 saturated heterocycles. The molecule has 0 aliphatic heterocycles. The zero-order valence-corrected chi connectivity index (χ0v) is 7.80. The van der Waals surface area contributed by atoms with E-state index in [1.54, 1.807) is 0 Å². The number of hydrogen-bond acceptors (Lipinski definition) is 6. The van der Waals surface area contributed by atoms with Crippen molar-refractivity contribution < 1.29 is 18.3 Å². The molecule has 7 nitrogen and oxygen atoms in total. The van der Waals surface area contributed by atoms with E-state index in [-0.39, 0.29) is 5.00 Å². The van der Waals surface area contributed by atoms with Gasteiger partial charge in [-0.25, -0.2) is 8.42 Å². The highest BCUT2D eigenvalue weighted by molar-refractivity contribution is 7.93. The number of rotatable bonds is 4. The molecule has 0 aliphatic carbocycles. The van der Waals surface area contributed by atoms with E-state index in [0.717, 1.165) is 11.5 Å². The number of carboxylic acid groups (broad SMARTS) is 1. The van der Waals surface area contributed by atoms with Gasteiger partial charge in [0.2, 0.25) is 10.0 Å². The van der Waals surface area contributed by atoms with Gasteiger partial charge in [-0.2, -0.15) is 0 Å². The minimum atomic E-state index is -3.82. The number of anilines is 1. The fourth-order valence-corrected chi connectivity index (χ4v) is 2.13. The standard InChI is InChI=1S/C4H5N3O4S2/c8-4(9)2-13(10,11)6-3-1-5-7-12-3/h1,6H,2H2,(H,8,9). The molecule has 0 atom stereocenters. The van der Waals surface area contributed by atoms with Crippen molar-refractivity contribution >= 4 is 32.5 Å². The third kappa shape index (κ3) is 3.34. The van der Waals surface area contributed by atoms with Gasteiger partial charge in [0.25, 0.3) is 0 Å². The van der Waals surface area contributed by atoms with Gasteiger partial charge in [0.15, 0.2) is 5.75 Å². The second-order valence-corrected chi connectivity index (χ2v) is 4.54. The molecule has 0 aliphatic rings. The Hall–Kier alpha value is -1.22. The summed E-state index contributed by atoms with van der Waals surface area (Å²) in [4.78, 5) is 10.1. The quantitative estimate of drug-likeness (QED) is 0.703. The molecule has 0 fully saturated rings. The van der Waals surface area contributed by atoms with Crippen LogP contribution in [0.4, 0.5) is 5.00 Å². The summed E-state index contributed by atoms with van der Waals surface area (Å²) in [6.45, 7) is 0. The smallest absolute Gasteiger partial charge is 0.320 e. The van der Waals surface area contributed by atoms with Crippen molar-refractivity contribution in [3.05, 3.63) is 6.20 Å². The third-order valence-corrected chi connectivity index (χ3v) is 2.80. The van der Waals surface area contributed by atoms with Gasteiger partial charge in [-0.05, 0) is 0 Å². The van der Waals surface area contributed by atoms with Crippen molar-refractivity contribution in [3.8, 4) is 0 Å². The lowest BCUT2D eigenvalue weighted by molar-refractivity contribution is -0.134. The molecule has 0 aromatic carbocycles. The predicted molar refractivity (Wildman–Crippen MR) is 45.0 cm³/mol. The van der Waals surface area contributed by atoms with E-state index in [2.05, 4.69) is 9.59 Å². The molecule has 0 bridgehead atoms. The first-order valence-electron chi connectivity index (χ1n) is 2.99. The van der Waals surface area contributed by atoms with E-state index in [1.165, 1.54) is 6.20 Å². The van der Waals surface area contributed by atoms with Gasteiger partial charge in [0, 0.05) is 11.5 Å². The number of aromatic nitrogens is 2. The van der Waals surface area contributed by atoms with Crippen LogP contribution in [0.25, 0.3) is 0 Å². The van der Waals surface area contributed by atoms with Crippen LogP contribution in [0.5, 0.6) is 0 Å². The van der Waals surface area contributed by atoms with Crippen LogP contribution < -0.4 is 4.72 Å². The summed E-state index contributed by atoms with van der Waals surface area (Å²) in [5, 5.41) is 11.8. The normalized spacial score (nSPS) is 11.1. The number of aliphatic carboxylic acids is 1. The molecule has 1 heterocycles. The second kappa shape index (κ2) is 3.66. The van der Waals surface area contributed by atoms with Crippen molar-refractivity contribution in [2.24, 2.45) is 0 Å². The van der Waals surface area contributed by atoms with Gasteiger partial charge in [-0.15, -0.1) is 5.10 Å². The van der Waals surface area contributed by atoms with E-state index in [0.29, 0.717) is 0 Å². The highest BCUT2D eigenvalue weighted by atomic mass is 32.2. The second-order valence-electron chi connectivity index (χ2n) is 2.04. The molecule has 0 saturated carbocycles. The molecule has 13 heavy (non-hydrogen) atoms. The largest absolute Gasteiger partial charge is 0.480 e. The molecule has 2 N–H and O–H groups in total. The fourth-order valence-electron chi connectivity index (χ4n) is 0.564. The number of hydrogen-bond donors (Lipinski definition) is 2. The van der Waals surface area contributed by atoms with Gasteiger partial charge >= 0.3 is 5.97 Å². The van der Waals surface area contributed by atoms with E-state index < -0.39 is 21.7 Å². The van der Waals surface area contributed by atoms with Gasteiger partial charge in [-0.1, -0.05) is 4.49 Å². The highest BCUT2D eigenvalue weighted by Gasteiger charge is 2.16. The Balaban J connectivity index is 2.68. The summed E-state index contributed by atoms with van der Waals surface area (Å²) >= 11 is 0.833. The molecule has 1 rings (SSSR count). The van der Waals surface area contributed by atoms with Crippen molar-refractivity contribution in [2.45, 2.75) is 0 Å². The number of carboxylic acids is 1. The van der Waals surface area contributed by atoms with Crippen molar-refractivity contribution in [1.82, 2.24) is 9.59 Å². The van der Waals surface area contributed by atoms with Crippen molar-refractivity contribution in [3.63, 3.8) is 0 Å². The number of nitrogens with zero attached hydrogens (tertiary/aromatic N) is 2. The Kier molecular flexibility index (Phi) is 2.78. The van der Waals surface area contributed by atoms with E-state index >= 15 is 0 Å². The van der Waals surface area contributed by atoms with Gasteiger partial charge in [0.1, 0.15) is 5.00 Å². The van der Waals surface area contributed by atoms with E-state index in [4.69, 9.17) is 5.11 Å². The van der Waals surface area contributed by atoms with Crippen LogP contribution in [0.15, 0.2) is 6.20 Å². The van der Waals surface area contributed by atoms with Crippen LogP contribution in [0.3, 0.4) is 0 Å². The lowest BCUT2D eigenvalue weighted by Gasteiger charge is -2.00. The molecule has 72 valence electrons. The summed E-state index contributed by atoms with van der Waals surface area (Å²) in [6.07, 6.45) is 1.20. The first-order chi connectivity index (χ1) is 5.99. The van der Waals surface area contributed by atoms with E-state index in [1.807, 2.05) is 4.72 Å². The third-order valence-electron chi connectivity index (χ3n) is 0.931. The maximum absolute atomic E-state index is 11.0. The maximum Gasteiger partial charge on any atom is 0.320 e. The average molecular weight is 223 g/mol. The minimum absolute atomic E-state index is 0.196. The summed E-state index contributed by atoms with van der Waals surface area (Å²) < 4.78 is 27.4. The van der Waals surface area contributed by atoms with Gasteiger partial charge in [0.05, 0.1) is 6.20 Å². The molecule has 0 amide bonds. The maximum atomic E-state index is 11.0. The zero-order chi connectivity index (χ0) is 9.90. The van der Waals surface area contributed by atoms with Crippen LogP contribution in [0.1, 0.15) is 0 Å². The Morgan fingerprint density at radius 3 is 2.85 bits per heavy atom. The van der Waals surface area contributed by atoms with Crippen molar-refractivity contribution in [2.75, 3.05) is 10.5 Å². The van der Waals surface area contributed by atoms with Crippen molar-refractivity contribution in [1.29, 1.82) is 0 Å². The van der Waals surface area contributed by atoms with Crippen LogP contribution in [-0.4, -0.2) is 34.8 Å².